The van der Waals surface area contributed by atoms with Crippen molar-refractivity contribution in [1.82, 2.24) is 29.5 Å². The van der Waals surface area contributed by atoms with E-state index < -0.39 is 0 Å². The molecule has 5 rings (SSSR count). The molecular weight excluding hydrogens is 402 g/mol. The fraction of sp³-hybridized carbons (Fsp3) is 0.286. The van der Waals surface area contributed by atoms with E-state index in [1.54, 1.807) is 6.92 Å². The Kier molecular flexibility index (Phi) is 4.32. The summed E-state index contributed by atoms with van der Waals surface area (Å²) in [4.78, 5) is 9.53. The van der Waals surface area contributed by atoms with E-state index in [0.29, 0.717) is 23.2 Å². The Labute approximate surface area is 178 Å². The second-order valence-corrected chi connectivity index (χ2v) is 7.90. The van der Waals surface area contributed by atoms with Crippen LogP contribution < -0.4 is 0 Å². The third-order valence-corrected chi connectivity index (χ3v) is 5.68. The van der Waals surface area contributed by atoms with Gasteiger partial charge in [-0.05, 0) is 32.9 Å². The minimum atomic E-state index is -0.325. The Balaban J connectivity index is 1.76. The van der Waals surface area contributed by atoms with Crippen molar-refractivity contribution < 1.29 is 4.52 Å². The Bertz CT molecular complexity index is 1280. The monoisotopic (exact) mass is 421 g/mol. The molecule has 30 heavy (non-hydrogen) atoms. The number of fused-ring (bicyclic) bond motifs is 3. The zero-order chi connectivity index (χ0) is 21.0. The van der Waals surface area contributed by atoms with Crippen LogP contribution in [0.25, 0.3) is 5.69 Å². The van der Waals surface area contributed by atoms with E-state index in [2.05, 4.69) is 42.6 Å². The summed E-state index contributed by atoms with van der Waals surface area (Å²) in [5.41, 5.74) is 5.02. The maximum Gasteiger partial charge on any atom is 0.229 e. The molecule has 0 fully saturated rings. The molecule has 0 aliphatic carbocycles. The second-order valence-electron chi connectivity index (χ2n) is 7.47. The predicted molar refractivity (Wildman–Crippen MR) is 112 cm³/mol. The summed E-state index contributed by atoms with van der Waals surface area (Å²) in [6.45, 7) is 5.84. The van der Waals surface area contributed by atoms with Gasteiger partial charge < -0.3 is 9.09 Å². The van der Waals surface area contributed by atoms with Crippen LogP contribution in [0.5, 0.6) is 0 Å². The molecule has 1 atom stereocenters. The molecule has 1 aromatic carbocycles. The van der Waals surface area contributed by atoms with E-state index in [4.69, 9.17) is 21.1 Å². The molecule has 4 aromatic rings. The Morgan fingerprint density at radius 2 is 1.87 bits per heavy atom. The van der Waals surface area contributed by atoms with E-state index in [1.165, 1.54) is 0 Å². The number of nitrogens with zero attached hydrogens (tertiary/aromatic N) is 7. The standard InChI is InChI=1S/C21H20ClN7O/c1-11-19-17(10-28(11)4)29-13(3)25-26-21(29)16(9-18-23-12(2)27-30-18)24-20(19)14-5-7-15(22)8-6-14/h5-8,10,16H,9H2,1-4H3. The molecular formula is C21H20ClN7O. The van der Waals surface area contributed by atoms with Gasteiger partial charge in [0.1, 0.15) is 11.9 Å². The van der Waals surface area contributed by atoms with Gasteiger partial charge in [0.15, 0.2) is 11.6 Å². The quantitative estimate of drug-likeness (QED) is 0.503. The molecule has 1 unspecified atom stereocenters. The van der Waals surface area contributed by atoms with Gasteiger partial charge in [0.25, 0.3) is 0 Å². The molecule has 0 spiro atoms. The van der Waals surface area contributed by atoms with Crippen molar-refractivity contribution in [3.63, 3.8) is 0 Å². The molecule has 1 aliphatic rings. The predicted octanol–water partition coefficient (Wildman–Crippen LogP) is 3.70. The minimum Gasteiger partial charge on any atom is -0.352 e. The van der Waals surface area contributed by atoms with Crippen LogP contribution in [0, 0.1) is 20.8 Å². The van der Waals surface area contributed by atoms with Crippen molar-refractivity contribution in [2.45, 2.75) is 33.2 Å². The largest absolute Gasteiger partial charge is 0.352 e. The lowest BCUT2D eigenvalue weighted by Crippen LogP contribution is -2.10. The number of benzene rings is 1. The van der Waals surface area contributed by atoms with Crippen molar-refractivity contribution in [3.8, 4) is 5.69 Å². The summed E-state index contributed by atoms with van der Waals surface area (Å²) >= 11 is 6.14. The molecule has 152 valence electrons. The van der Waals surface area contributed by atoms with Gasteiger partial charge in [0, 0.05) is 35.1 Å². The molecule has 8 nitrogen and oxygen atoms in total. The molecule has 0 saturated carbocycles. The lowest BCUT2D eigenvalue weighted by atomic mass is 10.0. The Morgan fingerprint density at radius 3 is 2.57 bits per heavy atom. The number of rotatable bonds is 3. The van der Waals surface area contributed by atoms with Crippen LogP contribution in [0.2, 0.25) is 5.02 Å². The van der Waals surface area contributed by atoms with Crippen molar-refractivity contribution in [2.75, 3.05) is 0 Å². The number of halogens is 1. The molecule has 0 N–H and O–H groups in total. The first kappa shape index (κ1) is 18.7. The molecule has 3 aromatic heterocycles. The third kappa shape index (κ3) is 2.95. The fourth-order valence-corrected chi connectivity index (χ4v) is 4.02. The van der Waals surface area contributed by atoms with Crippen molar-refractivity contribution >= 4 is 17.3 Å². The van der Waals surface area contributed by atoms with Crippen molar-refractivity contribution in [1.29, 1.82) is 0 Å². The smallest absolute Gasteiger partial charge is 0.229 e. The van der Waals surface area contributed by atoms with E-state index in [-0.39, 0.29) is 6.04 Å². The highest BCUT2D eigenvalue weighted by Crippen LogP contribution is 2.34. The molecule has 4 heterocycles. The van der Waals surface area contributed by atoms with Gasteiger partial charge in [-0.15, -0.1) is 10.2 Å². The first-order chi connectivity index (χ1) is 14.4. The summed E-state index contributed by atoms with van der Waals surface area (Å²) in [6.07, 6.45) is 2.53. The van der Waals surface area contributed by atoms with Gasteiger partial charge in [-0.2, -0.15) is 4.98 Å². The fourth-order valence-electron chi connectivity index (χ4n) is 3.89. The van der Waals surface area contributed by atoms with E-state index in [9.17, 15) is 0 Å². The zero-order valence-corrected chi connectivity index (χ0v) is 17.8. The lowest BCUT2D eigenvalue weighted by Gasteiger charge is -2.11. The van der Waals surface area contributed by atoms with Crippen LogP contribution in [0.3, 0.4) is 0 Å². The van der Waals surface area contributed by atoms with Crippen LogP contribution in [-0.2, 0) is 13.5 Å². The Hall–Kier alpha value is -3.26. The second kappa shape index (κ2) is 6.91. The van der Waals surface area contributed by atoms with E-state index in [0.717, 1.165) is 39.9 Å². The highest BCUT2D eigenvalue weighted by Gasteiger charge is 2.31. The van der Waals surface area contributed by atoms with E-state index in [1.807, 2.05) is 38.2 Å². The topological polar surface area (TPSA) is 86.9 Å². The zero-order valence-electron chi connectivity index (χ0n) is 17.1. The normalized spacial score (nSPS) is 15.5. The summed E-state index contributed by atoms with van der Waals surface area (Å²) in [5, 5.41) is 13.4. The maximum absolute atomic E-state index is 6.14. The first-order valence-corrected chi connectivity index (χ1v) is 10.0. The number of hydrogen-bond acceptors (Lipinski definition) is 6. The summed E-state index contributed by atoms with van der Waals surface area (Å²) in [7, 11) is 2.03. The molecule has 0 radical (unpaired) electrons. The number of aliphatic imine (C=N–C) groups is 1. The van der Waals surface area contributed by atoms with Gasteiger partial charge in [0.2, 0.25) is 5.89 Å². The minimum absolute atomic E-state index is 0.325. The molecule has 0 amide bonds. The third-order valence-electron chi connectivity index (χ3n) is 5.43. The van der Waals surface area contributed by atoms with Crippen LogP contribution >= 0.6 is 11.6 Å². The molecule has 0 saturated heterocycles. The van der Waals surface area contributed by atoms with Crippen LogP contribution in [0.1, 0.15) is 46.2 Å². The Morgan fingerprint density at radius 1 is 1.10 bits per heavy atom. The van der Waals surface area contributed by atoms with E-state index >= 15 is 0 Å². The molecule has 0 bridgehead atoms. The van der Waals surface area contributed by atoms with Crippen LogP contribution in [-0.4, -0.2) is 35.2 Å². The first-order valence-electron chi connectivity index (χ1n) is 9.64. The summed E-state index contributed by atoms with van der Waals surface area (Å²) in [6, 6.07) is 7.41. The highest BCUT2D eigenvalue weighted by molar-refractivity contribution is 6.30. The number of aromatic nitrogens is 6. The molecule has 1 aliphatic heterocycles. The van der Waals surface area contributed by atoms with Gasteiger partial charge in [0.05, 0.1) is 17.8 Å². The SMILES string of the molecule is Cc1noc(CC2N=C(c3ccc(Cl)cc3)c3c(cn(C)c3C)-n3c(C)nnc32)n1. The van der Waals surface area contributed by atoms with Crippen LogP contribution in [0.4, 0.5) is 0 Å². The van der Waals surface area contributed by atoms with Gasteiger partial charge in [-0.1, -0.05) is 28.9 Å². The van der Waals surface area contributed by atoms with Crippen LogP contribution in [0.15, 0.2) is 40.0 Å². The number of hydrogen-bond donors (Lipinski definition) is 0. The highest BCUT2D eigenvalue weighted by atomic mass is 35.5. The lowest BCUT2D eigenvalue weighted by molar-refractivity contribution is 0.364. The van der Waals surface area contributed by atoms with Gasteiger partial charge in [-0.3, -0.25) is 9.56 Å². The number of aryl methyl sites for hydroxylation is 3. The summed E-state index contributed by atoms with van der Waals surface area (Å²) in [5.74, 6) is 2.67. The average Bonchev–Trinajstić information content (AvgIpc) is 3.35. The average molecular weight is 422 g/mol. The van der Waals surface area contributed by atoms with Crippen molar-refractivity contribution in [3.05, 3.63) is 75.7 Å². The van der Waals surface area contributed by atoms with Gasteiger partial charge >= 0.3 is 0 Å². The van der Waals surface area contributed by atoms with Gasteiger partial charge in [-0.25, -0.2) is 0 Å². The summed E-state index contributed by atoms with van der Waals surface area (Å²) < 4.78 is 9.55. The maximum atomic E-state index is 6.14. The molecule has 9 heteroatoms. The van der Waals surface area contributed by atoms with Crippen molar-refractivity contribution in [2.24, 2.45) is 12.0 Å².